The van der Waals surface area contributed by atoms with Crippen LogP contribution in [-0.2, 0) is 0 Å². The molecule has 0 saturated heterocycles. The summed E-state index contributed by atoms with van der Waals surface area (Å²) >= 11 is 0. The summed E-state index contributed by atoms with van der Waals surface area (Å²) in [6, 6.07) is 58.6. The van der Waals surface area contributed by atoms with Crippen LogP contribution in [0.1, 0.15) is 54.5 Å². The van der Waals surface area contributed by atoms with E-state index < -0.39 is 0 Å². The maximum absolute atomic E-state index is 2.31. The summed E-state index contributed by atoms with van der Waals surface area (Å²) in [5.74, 6) is 0. The molecule has 1 heteroatoms. The van der Waals surface area contributed by atoms with E-state index in [2.05, 4.69) is 216 Å². The van der Waals surface area contributed by atoms with Gasteiger partial charge in [0.15, 0.2) is 0 Å². The smallest absolute Gasteiger partial charge is 0.0444 e. The third-order valence-electron chi connectivity index (χ3n) is 10.4. The molecule has 0 aliphatic heterocycles. The van der Waals surface area contributed by atoms with E-state index >= 15 is 0 Å². The minimum absolute atomic E-state index is 1.18. The number of nitrogens with zero attached hydrogens (tertiary/aromatic N) is 1. The van der Waals surface area contributed by atoms with Crippen molar-refractivity contribution in [2.75, 3.05) is 11.9 Å². The Kier molecular flexibility index (Phi) is 15.6. The van der Waals surface area contributed by atoms with Gasteiger partial charge in [0.1, 0.15) is 0 Å². The maximum Gasteiger partial charge on any atom is 0.0444 e. The van der Waals surface area contributed by atoms with Crippen LogP contribution in [0.3, 0.4) is 0 Å². The van der Waals surface area contributed by atoms with Crippen LogP contribution in [-0.4, -0.2) is 7.05 Å². The Morgan fingerprint density at radius 3 is 1.49 bits per heavy atom. The van der Waals surface area contributed by atoms with Gasteiger partial charge in [-0.15, -0.1) is 0 Å². The van der Waals surface area contributed by atoms with Gasteiger partial charge in [-0.3, -0.25) is 0 Å². The molecule has 1 aliphatic carbocycles. The fraction of sp³-hybridized carbons (Fsp3) is 0.179. The first-order valence-electron chi connectivity index (χ1n) is 20.4. The van der Waals surface area contributed by atoms with Gasteiger partial charge in [0.25, 0.3) is 0 Å². The number of anilines is 2. The van der Waals surface area contributed by atoms with Gasteiger partial charge in [0.05, 0.1) is 0 Å². The summed E-state index contributed by atoms with van der Waals surface area (Å²) < 4.78 is 0. The van der Waals surface area contributed by atoms with Crippen LogP contribution in [0.15, 0.2) is 188 Å². The Morgan fingerprint density at radius 1 is 0.404 bits per heavy atom. The average molecular weight is 746 g/mol. The zero-order valence-electron chi connectivity index (χ0n) is 35.3. The van der Waals surface area contributed by atoms with Crippen molar-refractivity contribution in [2.45, 2.75) is 61.3 Å². The molecule has 0 radical (unpaired) electrons. The van der Waals surface area contributed by atoms with E-state index in [1.165, 1.54) is 96.5 Å². The highest BCUT2D eigenvalue weighted by atomic mass is 15.1. The maximum atomic E-state index is 2.31. The molecular formula is C56H59N. The lowest BCUT2D eigenvalue weighted by atomic mass is 9.87. The molecule has 288 valence electrons. The Hall–Kier alpha value is -6.18. The Morgan fingerprint density at radius 2 is 0.912 bits per heavy atom. The summed E-state index contributed by atoms with van der Waals surface area (Å²) in [5.41, 5.74) is 19.0. The van der Waals surface area contributed by atoms with Crippen LogP contribution in [0.25, 0.3) is 44.5 Å². The number of benzene rings is 7. The normalized spacial score (nSPS) is 11.2. The fourth-order valence-electron chi connectivity index (χ4n) is 7.25. The van der Waals surface area contributed by atoms with E-state index in [4.69, 9.17) is 0 Å². The predicted molar refractivity (Wildman–Crippen MR) is 252 cm³/mol. The summed E-state index contributed by atoms with van der Waals surface area (Å²) in [6.45, 7) is 14.9. The minimum Gasteiger partial charge on any atom is -0.344 e. The topological polar surface area (TPSA) is 3.24 Å². The zero-order valence-corrected chi connectivity index (χ0v) is 35.3. The van der Waals surface area contributed by atoms with Gasteiger partial charge in [0, 0.05) is 18.4 Å². The Labute approximate surface area is 343 Å². The van der Waals surface area contributed by atoms with Gasteiger partial charge in [-0.25, -0.2) is 0 Å². The van der Waals surface area contributed by atoms with Crippen LogP contribution in [0.2, 0.25) is 0 Å². The molecule has 0 heterocycles. The van der Waals surface area contributed by atoms with Crippen molar-refractivity contribution in [3.05, 3.63) is 216 Å². The van der Waals surface area contributed by atoms with Crippen molar-refractivity contribution in [1.29, 1.82) is 0 Å². The van der Waals surface area contributed by atoms with Gasteiger partial charge >= 0.3 is 0 Å². The van der Waals surface area contributed by atoms with Crippen molar-refractivity contribution in [3.63, 3.8) is 0 Å². The fourth-order valence-corrected chi connectivity index (χ4v) is 7.25. The van der Waals surface area contributed by atoms with Crippen molar-refractivity contribution < 1.29 is 0 Å². The molecule has 0 atom stereocenters. The molecule has 0 spiro atoms. The van der Waals surface area contributed by atoms with Crippen molar-refractivity contribution in [3.8, 4) is 44.5 Å². The predicted octanol–water partition coefficient (Wildman–Crippen LogP) is 16.3. The van der Waals surface area contributed by atoms with E-state index in [1.54, 1.807) is 0 Å². The van der Waals surface area contributed by atoms with Gasteiger partial charge in [-0.05, 0) is 132 Å². The number of hydrogen-bond acceptors (Lipinski definition) is 1. The molecule has 0 saturated carbocycles. The lowest BCUT2D eigenvalue weighted by Gasteiger charge is -2.24. The lowest BCUT2D eigenvalue weighted by molar-refractivity contribution is 1.04. The van der Waals surface area contributed by atoms with Gasteiger partial charge in [-0.2, -0.15) is 0 Å². The van der Waals surface area contributed by atoms with Crippen molar-refractivity contribution in [1.82, 2.24) is 0 Å². The second kappa shape index (κ2) is 21.2. The Bertz CT molecular complexity index is 2350. The first-order chi connectivity index (χ1) is 27.8. The molecule has 1 aliphatic rings. The summed E-state index contributed by atoms with van der Waals surface area (Å²) in [6.07, 6.45) is 11.0. The third-order valence-corrected chi connectivity index (χ3v) is 10.4. The third kappa shape index (κ3) is 11.0. The number of hydrogen-bond donors (Lipinski definition) is 0. The van der Waals surface area contributed by atoms with Crippen LogP contribution in [0.4, 0.5) is 11.4 Å². The summed E-state index contributed by atoms with van der Waals surface area (Å²) in [4.78, 5) is 2.28. The molecule has 0 fully saturated rings. The number of allylic oxidation sites excluding steroid dienone is 4. The van der Waals surface area contributed by atoms with Crippen LogP contribution >= 0.6 is 0 Å². The van der Waals surface area contributed by atoms with E-state index in [1.807, 2.05) is 32.0 Å². The largest absolute Gasteiger partial charge is 0.344 e. The molecule has 0 bridgehead atoms. The quantitative estimate of drug-likeness (QED) is 0.164. The monoisotopic (exact) mass is 745 g/mol. The highest BCUT2D eigenvalue weighted by Gasteiger charge is 2.16. The van der Waals surface area contributed by atoms with Gasteiger partial charge < -0.3 is 4.90 Å². The summed E-state index contributed by atoms with van der Waals surface area (Å²) in [7, 11) is 2.15. The average Bonchev–Trinajstić information content (AvgIpc) is 3.26. The number of para-hydroxylation sites is 1. The van der Waals surface area contributed by atoms with Crippen molar-refractivity contribution >= 4 is 11.4 Å². The lowest BCUT2D eigenvalue weighted by Crippen LogP contribution is -2.11. The number of aryl methyl sites for hydroxylation is 4. The van der Waals surface area contributed by atoms with Crippen LogP contribution in [0.5, 0.6) is 0 Å². The highest BCUT2D eigenvalue weighted by molar-refractivity contribution is 5.90. The molecule has 1 nitrogen and oxygen atoms in total. The standard InChI is InChI=1S/C41H37N.C7H8.C6H8.C2H6/c1-28-13-9-10-17-36(28)37-26-25-34(27-30(37)3)32-21-23-33(24-22-32)39-19-11-14-29(2)41(39)38-18-12-20-40(31(38)4)42(5)35-15-7-6-8-16-35;1-7-5-3-2-4-6-7;1-2-4-6-5-3-1;1-2/h6-27H,1-5H3;2-6H,1H3;1-4H,5-6H2;1-2H3. The molecule has 7 aromatic rings. The van der Waals surface area contributed by atoms with E-state index in [9.17, 15) is 0 Å². The van der Waals surface area contributed by atoms with Gasteiger partial charge in [-0.1, -0.05) is 189 Å². The van der Waals surface area contributed by atoms with E-state index in [-0.39, 0.29) is 0 Å². The zero-order chi connectivity index (χ0) is 40.6. The molecule has 0 unspecified atom stereocenters. The van der Waals surface area contributed by atoms with E-state index in [0.717, 1.165) is 0 Å². The van der Waals surface area contributed by atoms with Crippen LogP contribution < -0.4 is 4.90 Å². The minimum atomic E-state index is 1.18. The molecule has 8 rings (SSSR count). The molecule has 0 aromatic heterocycles. The SMILES string of the molecule is C1=CCCC=C1.CC.Cc1ccccc1.Cc1ccccc1-c1ccc(-c2ccc(-c3cccc(C)c3-c3cccc(N(C)c4ccccc4)c3C)cc2)cc1C. The molecule has 57 heavy (non-hydrogen) atoms. The molecule has 7 aromatic carbocycles. The van der Waals surface area contributed by atoms with E-state index in [0.29, 0.717) is 0 Å². The van der Waals surface area contributed by atoms with Crippen molar-refractivity contribution in [2.24, 2.45) is 0 Å². The van der Waals surface area contributed by atoms with Crippen LogP contribution in [0, 0.1) is 34.6 Å². The second-order valence-electron chi connectivity index (χ2n) is 14.4. The highest BCUT2D eigenvalue weighted by Crippen LogP contribution is 2.41. The molecule has 0 N–H and O–H groups in total. The summed E-state index contributed by atoms with van der Waals surface area (Å²) in [5, 5.41) is 0. The van der Waals surface area contributed by atoms with Gasteiger partial charge in [0.2, 0.25) is 0 Å². The second-order valence-corrected chi connectivity index (χ2v) is 14.4. The first-order valence-corrected chi connectivity index (χ1v) is 20.4. The molecule has 0 amide bonds. The first kappa shape index (κ1) is 42.0. The molecular weight excluding hydrogens is 687 g/mol. The Balaban J connectivity index is 0.000000347. The number of rotatable bonds is 6.